The number of hydrogen-bond donors (Lipinski definition) is 1. The minimum Gasteiger partial charge on any atom is -0.356 e. The van der Waals surface area contributed by atoms with Crippen LogP contribution in [0.4, 0.5) is 0 Å². The molecule has 1 aliphatic rings. The van der Waals surface area contributed by atoms with Crippen LogP contribution in [0.3, 0.4) is 0 Å². The van der Waals surface area contributed by atoms with E-state index in [4.69, 9.17) is 0 Å². The topological polar surface area (TPSA) is 40.5 Å². The third-order valence-electron chi connectivity index (χ3n) is 4.39. The summed E-state index contributed by atoms with van der Waals surface area (Å²) in [5.41, 5.74) is 2.68. The molecule has 0 spiro atoms. The molecule has 1 aromatic carbocycles. The molecule has 1 atom stereocenters. The Labute approximate surface area is 138 Å². The molecule has 4 nitrogen and oxygen atoms in total. The van der Waals surface area contributed by atoms with E-state index in [1.807, 2.05) is 25.5 Å². The Morgan fingerprint density at radius 2 is 2.13 bits per heavy atom. The highest BCUT2D eigenvalue weighted by molar-refractivity contribution is 5.80. The summed E-state index contributed by atoms with van der Waals surface area (Å²) in [7, 11) is 1.86. The van der Waals surface area contributed by atoms with Crippen molar-refractivity contribution in [3.63, 3.8) is 0 Å². The molecule has 1 aromatic heterocycles. The Bertz CT molecular complexity index is 624. The number of aromatic nitrogens is 1. The molecule has 1 saturated heterocycles. The molecule has 0 saturated carbocycles. The van der Waals surface area contributed by atoms with Crippen LogP contribution in [0.2, 0.25) is 0 Å². The third-order valence-corrected chi connectivity index (χ3v) is 4.39. The van der Waals surface area contributed by atoms with Crippen molar-refractivity contribution in [3.8, 4) is 0 Å². The van der Waals surface area contributed by atoms with Crippen molar-refractivity contribution < 1.29 is 0 Å². The molecule has 4 heteroatoms. The number of aliphatic imine (C=N–C) groups is 1. The van der Waals surface area contributed by atoms with Gasteiger partial charge in [0.2, 0.25) is 0 Å². The molecule has 2 heterocycles. The molecule has 1 N–H and O–H groups in total. The minimum absolute atomic E-state index is 0.605. The lowest BCUT2D eigenvalue weighted by atomic mass is 9.99. The maximum Gasteiger partial charge on any atom is 0.193 e. The number of hydrogen-bond acceptors (Lipinski definition) is 2. The van der Waals surface area contributed by atoms with Crippen LogP contribution < -0.4 is 5.32 Å². The lowest BCUT2D eigenvalue weighted by molar-refractivity contribution is 0.486. The van der Waals surface area contributed by atoms with Crippen molar-refractivity contribution in [2.24, 2.45) is 4.99 Å². The van der Waals surface area contributed by atoms with Gasteiger partial charge in [-0.2, -0.15) is 0 Å². The van der Waals surface area contributed by atoms with Gasteiger partial charge in [-0.05, 0) is 30.0 Å². The highest BCUT2D eigenvalue weighted by atomic mass is 15.3. The number of nitrogens with one attached hydrogen (secondary N) is 1. The molecule has 0 amide bonds. The van der Waals surface area contributed by atoms with Crippen LogP contribution in [0.15, 0.2) is 59.9 Å². The van der Waals surface area contributed by atoms with Crippen LogP contribution in [-0.2, 0) is 6.42 Å². The van der Waals surface area contributed by atoms with Crippen LogP contribution in [0.25, 0.3) is 0 Å². The molecule has 1 unspecified atom stereocenters. The Hall–Kier alpha value is -2.36. The average Bonchev–Trinajstić information content (AvgIpc) is 3.10. The van der Waals surface area contributed by atoms with E-state index in [1.165, 1.54) is 17.5 Å². The number of likely N-dealkylation sites (tertiary alicyclic amines) is 1. The van der Waals surface area contributed by atoms with Gasteiger partial charge in [0.1, 0.15) is 0 Å². The number of guanidine groups is 1. The third kappa shape index (κ3) is 4.09. The maximum atomic E-state index is 4.45. The van der Waals surface area contributed by atoms with Crippen molar-refractivity contribution in [3.05, 3.63) is 66.0 Å². The van der Waals surface area contributed by atoms with Crippen molar-refractivity contribution in [2.45, 2.75) is 18.8 Å². The molecular weight excluding hydrogens is 284 g/mol. The second kappa shape index (κ2) is 7.77. The predicted octanol–water partition coefficient (Wildman–Crippen LogP) is 2.69. The van der Waals surface area contributed by atoms with Gasteiger partial charge in [0.05, 0.1) is 0 Å². The van der Waals surface area contributed by atoms with Gasteiger partial charge < -0.3 is 10.2 Å². The van der Waals surface area contributed by atoms with E-state index in [2.05, 4.69) is 56.6 Å². The summed E-state index contributed by atoms with van der Waals surface area (Å²) >= 11 is 0. The van der Waals surface area contributed by atoms with Gasteiger partial charge >= 0.3 is 0 Å². The number of nitrogens with zero attached hydrogens (tertiary/aromatic N) is 3. The molecule has 0 aliphatic carbocycles. The zero-order valence-electron chi connectivity index (χ0n) is 13.7. The molecule has 0 radical (unpaired) electrons. The first-order chi connectivity index (χ1) is 11.4. The molecular formula is C19H24N4. The minimum atomic E-state index is 0.605. The first-order valence-electron chi connectivity index (χ1n) is 8.26. The highest BCUT2D eigenvalue weighted by Gasteiger charge is 2.25. The van der Waals surface area contributed by atoms with E-state index < -0.39 is 0 Å². The molecule has 3 rings (SSSR count). The smallest absolute Gasteiger partial charge is 0.193 e. The summed E-state index contributed by atoms with van der Waals surface area (Å²) in [4.78, 5) is 11.0. The van der Waals surface area contributed by atoms with E-state index in [0.717, 1.165) is 32.0 Å². The highest BCUT2D eigenvalue weighted by Crippen LogP contribution is 2.26. The van der Waals surface area contributed by atoms with Gasteiger partial charge in [-0.1, -0.05) is 36.4 Å². The molecule has 23 heavy (non-hydrogen) atoms. The Morgan fingerprint density at radius 1 is 1.26 bits per heavy atom. The van der Waals surface area contributed by atoms with Crippen LogP contribution in [0, 0.1) is 0 Å². The summed E-state index contributed by atoms with van der Waals surface area (Å²) in [6.45, 7) is 2.98. The predicted molar refractivity (Wildman–Crippen MR) is 94.7 cm³/mol. The fourth-order valence-corrected chi connectivity index (χ4v) is 3.15. The number of benzene rings is 1. The van der Waals surface area contributed by atoms with E-state index in [-0.39, 0.29) is 0 Å². The largest absolute Gasteiger partial charge is 0.356 e. The van der Waals surface area contributed by atoms with Crippen molar-refractivity contribution in [1.82, 2.24) is 15.2 Å². The van der Waals surface area contributed by atoms with Gasteiger partial charge in [0.15, 0.2) is 5.96 Å². The Morgan fingerprint density at radius 3 is 2.87 bits per heavy atom. The fourth-order valence-electron chi connectivity index (χ4n) is 3.15. The first-order valence-corrected chi connectivity index (χ1v) is 8.26. The second-order valence-corrected chi connectivity index (χ2v) is 5.93. The van der Waals surface area contributed by atoms with E-state index in [0.29, 0.717) is 5.92 Å². The fraction of sp³-hybridized carbons (Fsp3) is 0.368. The van der Waals surface area contributed by atoms with E-state index in [9.17, 15) is 0 Å². The molecule has 1 fully saturated rings. The zero-order chi connectivity index (χ0) is 15.9. The van der Waals surface area contributed by atoms with E-state index >= 15 is 0 Å². The molecule has 2 aromatic rings. The van der Waals surface area contributed by atoms with Crippen molar-refractivity contribution in [1.29, 1.82) is 0 Å². The van der Waals surface area contributed by atoms with Crippen LogP contribution >= 0.6 is 0 Å². The van der Waals surface area contributed by atoms with E-state index in [1.54, 1.807) is 0 Å². The molecule has 0 bridgehead atoms. The second-order valence-electron chi connectivity index (χ2n) is 5.93. The number of pyridine rings is 1. The van der Waals surface area contributed by atoms with Gasteiger partial charge in [-0.25, -0.2) is 0 Å². The number of rotatable bonds is 4. The van der Waals surface area contributed by atoms with Crippen LogP contribution in [0.5, 0.6) is 0 Å². The summed E-state index contributed by atoms with van der Waals surface area (Å²) in [5, 5.41) is 3.48. The normalized spacial score (nSPS) is 18.2. The Balaban J connectivity index is 1.51. The van der Waals surface area contributed by atoms with Crippen LogP contribution in [-0.4, -0.2) is 42.5 Å². The summed E-state index contributed by atoms with van der Waals surface area (Å²) < 4.78 is 0. The average molecular weight is 308 g/mol. The van der Waals surface area contributed by atoms with Gasteiger partial charge in [0, 0.05) is 45.0 Å². The van der Waals surface area contributed by atoms with Crippen molar-refractivity contribution >= 4 is 5.96 Å². The lowest BCUT2D eigenvalue weighted by Gasteiger charge is -2.21. The Kier molecular flexibility index (Phi) is 5.25. The van der Waals surface area contributed by atoms with Gasteiger partial charge in [0.25, 0.3) is 0 Å². The standard InChI is InChI=1S/C19H24N4/c1-20-19(22-12-9-16-6-5-11-21-14-16)23-13-10-18(15-23)17-7-3-2-4-8-17/h2-8,11,14,18H,9-10,12-13,15H2,1H3,(H,20,22). The van der Waals surface area contributed by atoms with Gasteiger partial charge in [-0.3, -0.25) is 9.98 Å². The van der Waals surface area contributed by atoms with Crippen LogP contribution in [0.1, 0.15) is 23.5 Å². The summed E-state index contributed by atoms with van der Waals surface area (Å²) in [5.74, 6) is 1.61. The molecule has 1 aliphatic heterocycles. The maximum absolute atomic E-state index is 4.45. The monoisotopic (exact) mass is 308 g/mol. The van der Waals surface area contributed by atoms with Crippen molar-refractivity contribution in [2.75, 3.05) is 26.7 Å². The zero-order valence-corrected chi connectivity index (χ0v) is 13.7. The molecule has 120 valence electrons. The SMILES string of the molecule is CN=C(NCCc1cccnc1)N1CCC(c2ccccc2)C1. The quantitative estimate of drug-likeness (QED) is 0.697. The summed E-state index contributed by atoms with van der Waals surface area (Å²) in [6.07, 6.45) is 5.88. The lowest BCUT2D eigenvalue weighted by Crippen LogP contribution is -2.40. The first kappa shape index (κ1) is 15.5. The summed E-state index contributed by atoms with van der Waals surface area (Å²) in [6, 6.07) is 14.9. The van der Waals surface area contributed by atoms with Gasteiger partial charge in [-0.15, -0.1) is 0 Å².